The Morgan fingerprint density at radius 3 is 2.39 bits per heavy atom. The third-order valence-electron chi connectivity index (χ3n) is 7.17. The van der Waals surface area contributed by atoms with Crippen molar-refractivity contribution in [2.75, 3.05) is 32.6 Å². The minimum atomic E-state index is -0.116. The fourth-order valence-electron chi connectivity index (χ4n) is 5.16. The number of hydrogen-bond acceptors (Lipinski definition) is 7. The molecule has 1 aliphatic carbocycles. The van der Waals surface area contributed by atoms with E-state index in [1.165, 1.54) is 19.3 Å². The number of carbonyl (C=O) groups excluding carboxylic acids is 1. The highest BCUT2D eigenvalue weighted by atomic mass is 16.5. The number of amides is 2. The molecule has 1 saturated carbocycles. The SMILES string of the molecule is COc1cc2ncnc(C3CCN(C(=O)Nc4ccc(OC5CCCCC5)nc4)CC3)c2cc1OC. The summed E-state index contributed by atoms with van der Waals surface area (Å²) in [6.45, 7) is 1.29. The van der Waals surface area contributed by atoms with Gasteiger partial charge in [-0.25, -0.2) is 19.7 Å². The summed E-state index contributed by atoms with van der Waals surface area (Å²) in [6, 6.07) is 7.39. The van der Waals surface area contributed by atoms with Crippen molar-refractivity contribution in [3.05, 3.63) is 42.5 Å². The maximum absolute atomic E-state index is 12.9. The van der Waals surface area contributed by atoms with Crippen LogP contribution in [0.3, 0.4) is 0 Å². The number of piperidine rings is 1. The third-order valence-corrected chi connectivity index (χ3v) is 7.17. The summed E-state index contributed by atoms with van der Waals surface area (Å²) in [5.41, 5.74) is 2.47. The van der Waals surface area contributed by atoms with Crippen LogP contribution in [0.5, 0.6) is 17.4 Å². The Balaban J connectivity index is 1.19. The Bertz CT molecular complexity index is 1190. The molecule has 2 fully saturated rings. The van der Waals surface area contributed by atoms with Gasteiger partial charge in [0.05, 0.1) is 37.3 Å². The number of hydrogen-bond donors (Lipinski definition) is 1. The van der Waals surface area contributed by atoms with Gasteiger partial charge in [-0.2, -0.15) is 0 Å². The molecule has 5 rings (SSSR count). The lowest BCUT2D eigenvalue weighted by atomic mass is 9.91. The standard InChI is InChI=1S/C27H33N5O4/c1-34-23-14-21-22(15-24(23)35-2)29-17-30-26(21)18-10-12-32(13-11-18)27(33)31-19-8-9-25(28-16-19)36-20-6-4-3-5-7-20/h8-9,14-18,20H,3-7,10-13H2,1-2H3,(H,31,33). The zero-order valence-corrected chi connectivity index (χ0v) is 20.9. The van der Waals surface area contributed by atoms with E-state index in [0.717, 1.165) is 42.3 Å². The zero-order valence-electron chi connectivity index (χ0n) is 20.9. The van der Waals surface area contributed by atoms with E-state index in [1.54, 1.807) is 26.7 Å². The lowest BCUT2D eigenvalue weighted by Gasteiger charge is -2.32. The molecule has 1 aliphatic heterocycles. The van der Waals surface area contributed by atoms with E-state index in [9.17, 15) is 4.79 Å². The second-order valence-electron chi connectivity index (χ2n) is 9.44. The number of fused-ring (bicyclic) bond motifs is 1. The smallest absolute Gasteiger partial charge is 0.321 e. The second kappa shape index (κ2) is 11.0. The van der Waals surface area contributed by atoms with Crippen LogP contribution in [0.2, 0.25) is 0 Å². The van der Waals surface area contributed by atoms with Gasteiger partial charge in [-0.1, -0.05) is 6.42 Å². The first kappa shape index (κ1) is 24.1. The molecule has 190 valence electrons. The van der Waals surface area contributed by atoms with E-state index in [0.29, 0.717) is 36.2 Å². The highest BCUT2D eigenvalue weighted by Gasteiger charge is 2.27. The Hall–Kier alpha value is -3.62. The van der Waals surface area contributed by atoms with E-state index >= 15 is 0 Å². The van der Waals surface area contributed by atoms with Crippen LogP contribution in [0.1, 0.15) is 56.6 Å². The Labute approximate surface area is 211 Å². The molecule has 0 unspecified atom stereocenters. The summed E-state index contributed by atoms with van der Waals surface area (Å²) < 4.78 is 16.9. The summed E-state index contributed by atoms with van der Waals surface area (Å²) >= 11 is 0. The molecule has 0 bridgehead atoms. The quantitative estimate of drug-likeness (QED) is 0.508. The molecule has 3 heterocycles. The van der Waals surface area contributed by atoms with E-state index < -0.39 is 0 Å². The van der Waals surface area contributed by atoms with Crippen LogP contribution in [-0.4, -0.2) is 59.3 Å². The molecule has 3 aromatic rings. The highest BCUT2D eigenvalue weighted by Crippen LogP contribution is 2.36. The molecule has 2 aliphatic rings. The molecule has 0 radical (unpaired) electrons. The molecule has 9 nitrogen and oxygen atoms in total. The summed E-state index contributed by atoms with van der Waals surface area (Å²) in [6.07, 6.45) is 11.0. The van der Waals surface area contributed by atoms with Gasteiger partial charge < -0.3 is 24.4 Å². The van der Waals surface area contributed by atoms with Crippen LogP contribution in [0.25, 0.3) is 10.9 Å². The number of aromatic nitrogens is 3. The van der Waals surface area contributed by atoms with Crippen LogP contribution in [-0.2, 0) is 0 Å². The van der Waals surface area contributed by atoms with Crippen LogP contribution >= 0.6 is 0 Å². The van der Waals surface area contributed by atoms with Crippen molar-refractivity contribution in [3.63, 3.8) is 0 Å². The first-order valence-electron chi connectivity index (χ1n) is 12.7. The van der Waals surface area contributed by atoms with Crippen molar-refractivity contribution in [2.45, 2.75) is 57.0 Å². The van der Waals surface area contributed by atoms with Crippen molar-refractivity contribution in [1.29, 1.82) is 0 Å². The number of ether oxygens (including phenoxy) is 3. The van der Waals surface area contributed by atoms with Gasteiger partial charge in [0.15, 0.2) is 11.5 Å². The molecule has 2 aromatic heterocycles. The fourth-order valence-corrected chi connectivity index (χ4v) is 5.16. The van der Waals surface area contributed by atoms with Gasteiger partial charge in [0, 0.05) is 36.5 Å². The van der Waals surface area contributed by atoms with Gasteiger partial charge in [-0.15, -0.1) is 0 Å². The highest BCUT2D eigenvalue weighted by molar-refractivity contribution is 5.89. The molecule has 36 heavy (non-hydrogen) atoms. The minimum absolute atomic E-state index is 0.116. The number of nitrogens with one attached hydrogen (secondary N) is 1. The lowest BCUT2D eigenvalue weighted by Crippen LogP contribution is -2.40. The molecular weight excluding hydrogens is 458 g/mol. The maximum atomic E-state index is 12.9. The number of urea groups is 1. The zero-order chi connectivity index (χ0) is 24.9. The summed E-state index contributed by atoms with van der Waals surface area (Å²) in [5.74, 6) is 2.15. The number of nitrogens with zero attached hydrogens (tertiary/aromatic N) is 4. The molecule has 1 aromatic carbocycles. The lowest BCUT2D eigenvalue weighted by molar-refractivity contribution is 0.148. The predicted molar refractivity (Wildman–Crippen MR) is 137 cm³/mol. The average molecular weight is 492 g/mol. The van der Waals surface area contributed by atoms with E-state index in [1.807, 2.05) is 29.2 Å². The number of pyridine rings is 1. The Morgan fingerprint density at radius 2 is 1.69 bits per heavy atom. The monoisotopic (exact) mass is 491 g/mol. The maximum Gasteiger partial charge on any atom is 0.321 e. The van der Waals surface area contributed by atoms with Gasteiger partial charge >= 0.3 is 6.03 Å². The molecule has 1 N–H and O–H groups in total. The minimum Gasteiger partial charge on any atom is -0.493 e. The van der Waals surface area contributed by atoms with E-state index in [2.05, 4.69) is 20.3 Å². The molecule has 0 spiro atoms. The van der Waals surface area contributed by atoms with Gasteiger partial charge in [0.1, 0.15) is 12.4 Å². The van der Waals surface area contributed by atoms with Gasteiger partial charge in [-0.3, -0.25) is 0 Å². The Morgan fingerprint density at radius 1 is 0.944 bits per heavy atom. The number of carbonyl (C=O) groups is 1. The molecule has 2 amide bonds. The summed E-state index contributed by atoms with van der Waals surface area (Å²) in [7, 11) is 3.24. The molecule has 0 atom stereocenters. The summed E-state index contributed by atoms with van der Waals surface area (Å²) in [5, 5.41) is 3.93. The van der Waals surface area contributed by atoms with Crippen LogP contribution in [0.4, 0.5) is 10.5 Å². The molecule has 9 heteroatoms. The van der Waals surface area contributed by atoms with Crippen LogP contribution in [0.15, 0.2) is 36.8 Å². The number of rotatable bonds is 6. The van der Waals surface area contributed by atoms with Gasteiger partial charge in [0.2, 0.25) is 5.88 Å². The normalized spacial score (nSPS) is 17.1. The number of likely N-dealkylation sites (tertiary alicyclic amines) is 1. The summed E-state index contributed by atoms with van der Waals surface area (Å²) in [4.78, 5) is 28.1. The van der Waals surface area contributed by atoms with Gasteiger partial charge in [0.25, 0.3) is 0 Å². The largest absolute Gasteiger partial charge is 0.493 e. The first-order valence-corrected chi connectivity index (χ1v) is 12.7. The van der Waals surface area contributed by atoms with E-state index in [4.69, 9.17) is 14.2 Å². The van der Waals surface area contributed by atoms with Crippen molar-refractivity contribution in [2.24, 2.45) is 0 Å². The average Bonchev–Trinajstić information content (AvgIpc) is 2.93. The van der Waals surface area contributed by atoms with Gasteiger partial charge in [-0.05, 0) is 50.7 Å². The fraction of sp³-hybridized carbons (Fsp3) is 0.481. The van der Waals surface area contributed by atoms with Crippen molar-refractivity contribution >= 4 is 22.6 Å². The number of benzene rings is 1. The number of anilines is 1. The third kappa shape index (κ3) is 5.29. The van der Waals surface area contributed by atoms with Crippen LogP contribution in [0, 0.1) is 0 Å². The van der Waals surface area contributed by atoms with Crippen molar-refractivity contribution in [1.82, 2.24) is 19.9 Å². The predicted octanol–water partition coefficient (Wildman–Crippen LogP) is 5.17. The number of methoxy groups -OCH3 is 2. The molecule has 1 saturated heterocycles. The second-order valence-corrected chi connectivity index (χ2v) is 9.44. The van der Waals surface area contributed by atoms with Crippen molar-refractivity contribution < 1.29 is 19.0 Å². The topological polar surface area (TPSA) is 98.7 Å². The Kier molecular flexibility index (Phi) is 7.34. The van der Waals surface area contributed by atoms with Crippen molar-refractivity contribution in [3.8, 4) is 17.4 Å². The molecular formula is C27H33N5O4. The first-order chi connectivity index (χ1) is 17.6. The van der Waals surface area contributed by atoms with Crippen LogP contribution < -0.4 is 19.5 Å². The van der Waals surface area contributed by atoms with E-state index in [-0.39, 0.29) is 18.1 Å².